The summed E-state index contributed by atoms with van der Waals surface area (Å²) in [5.41, 5.74) is 1.68. The van der Waals surface area contributed by atoms with Crippen molar-refractivity contribution in [3.8, 4) is 5.75 Å². The number of hydrogen-bond acceptors (Lipinski definition) is 4. The van der Waals surface area contributed by atoms with E-state index in [4.69, 9.17) is 25.8 Å². The molecule has 0 spiro atoms. The van der Waals surface area contributed by atoms with E-state index in [0.717, 1.165) is 22.2 Å². The highest BCUT2D eigenvalue weighted by Crippen LogP contribution is 2.24. The summed E-state index contributed by atoms with van der Waals surface area (Å²) >= 11 is 6.20. The first-order chi connectivity index (χ1) is 9.63. The normalized spacial score (nSPS) is 12.6. The number of nitrogens with zero attached hydrogens (tertiary/aromatic N) is 1. The molecule has 108 valence electrons. The molecule has 0 amide bonds. The molecule has 0 N–H and O–H groups in total. The second kappa shape index (κ2) is 6.88. The van der Waals surface area contributed by atoms with Crippen LogP contribution < -0.4 is 4.74 Å². The molecular formula is C15H18ClNO3. The average molecular weight is 296 g/mol. The number of aromatic nitrogens is 1. The van der Waals surface area contributed by atoms with Gasteiger partial charge in [0.2, 0.25) is 0 Å². The molecule has 0 aliphatic carbocycles. The molecule has 0 aliphatic heterocycles. The highest BCUT2D eigenvalue weighted by molar-refractivity contribution is 6.30. The molecule has 0 radical (unpaired) electrons. The SMILES string of the molecule is COCC(C)OCc1cc2ccc(OC)cc2nc1Cl. The zero-order chi connectivity index (χ0) is 14.5. The number of ether oxygens (including phenoxy) is 3. The fourth-order valence-electron chi connectivity index (χ4n) is 1.91. The number of pyridine rings is 1. The summed E-state index contributed by atoms with van der Waals surface area (Å²) in [5, 5.41) is 1.46. The van der Waals surface area contributed by atoms with Crippen molar-refractivity contribution in [3.05, 3.63) is 35.0 Å². The van der Waals surface area contributed by atoms with Gasteiger partial charge < -0.3 is 14.2 Å². The Hall–Kier alpha value is -1.36. The molecule has 1 unspecified atom stereocenters. The molecule has 2 rings (SSSR count). The smallest absolute Gasteiger partial charge is 0.135 e. The fourth-order valence-corrected chi connectivity index (χ4v) is 2.11. The van der Waals surface area contributed by atoms with E-state index in [0.29, 0.717) is 18.4 Å². The first kappa shape index (κ1) is 15.0. The zero-order valence-electron chi connectivity index (χ0n) is 11.9. The largest absolute Gasteiger partial charge is 0.497 e. The van der Waals surface area contributed by atoms with Crippen molar-refractivity contribution in [2.75, 3.05) is 20.8 Å². The maximum absolute atomic E-state index is 6.20. The summed E-state index contributed by atoms with van der Waals surface area (Å²) in [5.74, 6) is 0.763. The third-order valence-corrected chi connectivity index (χ3v) is 3.30. The first-order valence-corrected chi connectivity index (χ1v) is 6.75. The van der Waals surface area contributed by atoms with Gasteiger partial charge in [-0.05, 0) is 25.1 Å². The van der Waals surface area contributed by atoms with Crippen LogP contribution in [0.15, 0.2) is 24.3 Å². The van der Waals surface area contributed by atoms with E-state index in [-0.39, 0.29) is 6.10 Å². The summed E-state index contributed by atoms with van der Waals surface area (Å²) in [4.78, 5) is 4.38. The summed E-state index contributed by atoms with van der Waals surface area (Å²) in [6.45, 7) is 2.92. The lowest BCUT2D eigenvalue weighted by molar-refractivity contribution is -0.000141. The van der Waals surface area contributed by atoms with Crippen molar-refractivity contribution >= 4 is 22.5 Å². The van der Waals surface area contributed by atoms with Gasteiger partial charge in [-0.15, -0.1) is 0 Å². The van der Waals surface area contributed by atoms with Crippen LogP contribution in [-0.4, -0.2) is 31.9 Å². The topological polar surface area (TPSA) is 40.6 Å². The highest BCUT2D eigenvalue weighted by Gasteiger charge is 2.08. The maximum atomic E-state index is 6.20. The lowest BCUT2D eigenvalue weighted by Gasteiger charge is -2.13. The van der Waals surface area contributed by atoms with Gasteiger partial charge in [0, 0.05) is 24.1 Å². The van der Waals surface area contributed by atoms with E-state index in [9.17, 15) is 0 Å². The molecule has 1 heterocycles. The third kappa shape index (κ3) is 3.60. The van der Waals surface area contributed by atoms with E-state index < -0.39 is 0 Å². The molecule has 2 aromatic rings. The van der Waals surface area contributed by atoms with E-state index in [2.05, 4.69) is 4.98 Å². The fraction of sp³-hybridized carbons (Fsp3) is 0.400. The number of halogens is 1. The van der Waals surface area contributed by atoms with Crippen LogP contribution in [0.5, 0.6) is 5.75 Å². The molecule has 1 aromatic carbocycles. The van der Waals surface area contributed by atoms with E-state index in [1.54, 1.807) is 14.2 Å². The second-order valence-corrected chi connectivity index (χ2v) is 4.93. The van der Waals surface area contributed by atoms with Crippen molar-refractivity contribution in [1.29, 1.82) is 0 Å². The van der Waals surface area contributed by atoms with Crippen LogP contribution >= 0.6 is 11.6 Å². The quantitative estimate of drug-likeness (QED) is 0.765. The Kier molecular flexibility index (Phi) is 5.17. The molecule has 0 saturated carbocycles. The van der Waals surface area contributed by atoms with Crippen LogP contribution in [-0.2, 0) is 16.1 Å². The molecule has 0 saturated heterocycles. The maximum Gasteiger partial charge on any atom is 0.135 e. The average Bonchev–Trinajstić information content (AvgIpc) is 2.44. The molecule has 0 bridgehead atoms. The predicted molar refractivity (Wildman–Crippen MR) is 79.4 cm³/mol. The van der Waals surface area contributed by atoms with E-state index in [1.165, 1.54) is 0 Å². The molecule has 5 heteroatoms. The zero-order valence-corrected chi connectivity index (χ0v) is 12.6. The number of fused-ring (bicyclic) bond motifs is 1. The molecule has 4 nitrogen and oxygen atoms in total. The monoisotopic (exact) mass is 295 g/mol. The van der Waals surface area contributed by atoms with Crippen molar-refractivity contribution in [2.24, 2.45) is 0 Å². The van der Waals surface area contributed by atoms with Gasteiger partial charge in [-0.1, -0.05) is 11.6 Å². The van der Waals surface area contributed by atoms with Gasteiger partial charge in [0.25, 0.3) is 0 Å². The summed E-state index contributed by atoms with van der Waals surface area (Å²) in [6.07, 6.45) is 0.0163. The van der Waals surface area contributed by atoms with Crippen LogP contribution in [0, 0.1) is 0 Å². The Balaban J connectivity index is 2.20. The Bertz CT molecular complexity index is 589. The van der Waals surface area contributed by atoms with Gasteiger partial charge in [0.1, 0.15) is 10.9 Å². The Morgan fingerprint density at radius 2 is 2.05 bits per heavy atom. The second-order valence-electron chi connectivity index (χ2n) is 4.57. The standard InChI is InChI=1S/C15H18ClNO3/c1-10(8-18-2)20-9-12-6-11-4-5-13(19-3)7-14(11)17-15(12)16/h4-7,10H,8-9H2,1-3H3. The minimum absolute atomic E-state index is 0.0163. The summed E-state index contributed by atoms with van der Waals surface area (Å²) < 4.78 is 15.9. The number of hydrogen-bond donors (Lipinski definition) is 0. The van der Waals surface area contributed by atoms with E-state index in [1.807, 2.05) is 31.2 Å². The lowest BCUT2D eigenvalue weighted by Crippen LogP contribution is -2.14. The van der Waals surface area contributed by atoms with Crippen molar-refractivity contribution < 1.29 is 14.2 Å². The Morgan fingerprint density at radius 3 is 2.75 bits per heavy atom. The number of methoxy groups -OCH3 is 2. The molecule has 20 heavy (non-hydrogen) atoms. The first-order valence-electron chi connectivity index (χ1n) is 6.37. The van der Waals surface area contributed by atoms with Gasteiger partial charge in [-0.2, -0.15) is 0 Å². The highest BCUT2D eigenvalue weighted by atomic mass is 35.5. The van der Waals surface area contributed by atoms with Gasteiger partial charge in [-0.3, -0.25) is 0 Å². The van der Waals surface area contributed by atoms with Gasteiger partial charge >= 0.3 is 0 Å². The minimum Gasteiger partial charge on any atom is -0.497 e. The molecular weight excluding hydrogens is 278 g/mol. The van der Waals surface area contributed by atoms with Gasteiger partial charge in [0.05, 0.1) is 31.9 Å². The minimum atomic E-state index is 0.0163. The molecule has 0 aliphatic rings. The Morgan fingerprint density at radius 1 is 1.25 bits per heavy atom. The number of benzene rings is 1. The van der Waals surface area contributed by atoms with Crippen molar-refractivity contribution in [1.82, 2.24) is 4.98 Å². The Labute approximate surface area is 123 Å². The van der Waals surface area contributed by atoms with Crippen LogP contribution in [0.4, 0.5) is 0 Å². The van der Waals surface area contributed by atoms with E-state index >= 15 is 0 Å². The van der Waals surface area contributed by atoms with Crippen LogP contribution in [0.3, 0.4) is 0 Å². The number of rotatable bonds is 6. The van der Waals surface area contributed by atoms with Crippen LogP contribution in [0.1, 0.15) is 12.5 Å². The molecule has 1 aromatic heterocycles. The predicted octanol–water partition coefficient (Wildman–Crippen LogP) is 3.45. The third-order valence-electron chi connectivity index (χ3n) is 2.98. The molecule has 0 fully saturated rings. The van der Waals surface area contributed by atoms with Crippen LogP contribution in [0.25, 0.3) is 10.9 Å². The summed E-state index contributed by atoms with van der Waals surface area (Å²) in [7, 11) is 3.28. The van der Waals surface area contributed by atoms with Gasteiger partial charge in [0.15, 0.2) is 0 Å². The lowest BCUT2D eigenvalue weighted by atomic mass is 10.1. The molecule has 1 atom stereocenters. The van der Waals surface area contributed by atoms with Crippen LogP contribution in [0.2, 0.25) is 5.15 Å². The summed E-state index contributed by atoms with van der Waals surface area (Å²) in [6, 6.07) is 7.71. The van der Waals surface area contributed by atoms with Gasteiger partial charge in [-0.25, -0.2) is 4.98 Å². The van der Waals surface area contributed by atoms with Crippen molar-refractivity contribution in [2.45, 2.75) is 19.6 Å². The van der Waals surface area contributed by atoms with Crippen molar-refractivity contribution in [3.63, 3.8) is 0 Å².